The minimum absolute atomic E-state index is 0.587. The molecule has 3 aromatic rings. The summed E-state index contributed by atoms with van der Waals surface area (Å²) >= 11 is 1.56. The molecule has 0 bridgehead atoms. The molecule has 1 aliphatic rings. The van der Waals surface area contributed by atoms with Gasteiger partial charge in [-0.1, -0.05) is 18.9 Å². The highest BCUT2D eigenvalue weighted by Gasteiger charge is 2.19. The molecule has 2 aromatic heterocycles. The molecule has 1 fully saturated rings. The van der Waals surface area contributed by atoms with Gasteiger partial charge in [-0.15, -0.1) is 11.8 Å². The number of fused-ring (bicyclic) bond motifs is 1. The van der Waals surface area contributed by atoms with E-state index in [9.17, 15) is 5.26 Å². The van der Waals surface area contributed by atoms with E-state index in [1.807, 2.05) is 47.2 Å². The summed E-state index contributed by atoms with van der Waals surface area (Å²) in [5, 5.41) is 9.72. The lowest BCUT2D eigenvalue weighted by Gasteiger charge is -2.16. The first kappa shape index (κ1) is 18.7. The maximum Gasteiger partial charge on any atom is 0.199 e. The van der Waals surface area contributed by atoms with Crippen molar-refractivity contribution in [3.8, 4) is 29.0 Å². The van der Waals surface area contributed by atoms with E-state index >= 15 is 0 Å². The summed E-state index contributed by atoms with van der Waals surface area (Å²) < 4.78 is 13.7. The minimum Gasteiger partial charge on any atom is -0.492 e. The average Bonchev–Trinajstić information content (AvgIpc) is 3.41. The molecule has 1 aromatic carbocycles. The second-order valence-electron chi connectivity index (χ2n) is 7.03. The number of ether oxygens (including phenoxy) is 2. The van der Waals surface area contributed by atoms with Crippen molar-refractivity contribution in [2.75, 3.05) is 20.0 Å². The van der Waals surface area contributed by atoms with Crippen molar-refractivity contribution in [1.82, 2.24) is 9.38 Å². The highest BCUT2D eigenvalue weighted by Crippen LogP contribution is 2.36. The van der Waals surface area contributed by atoms with Gasteiger partial charge in [-0.25, -0.2) is 4.98 Å². The molecule has 2 heterocycles. The Hall–Kier alpha value is -2.65. The molecule has 144 valence electrons. The van der Waals surface area contributed by atoms with Crippen molar-refractivity contribution in [1.29, 1.82) is 5.26 Å². The van der Waals surface area contributed by atoms with Gasteiger partial charge in [0.05, 0.1) is 25.6 Å². The van der Waals surface area contributed by atoms with Crippen LogP contribution < -0.4 is 9.47 Å². The lowest BCUT2D eigenvalue weighted by molar-refractivity contribution is 0.251. The zero-order valence-corrected chi connectivity index (χ0v) is 17.0. The molecule has 6 heteroatoms. The summed E-state index contributed by atoms with van der Waals surface area (Å²) in [5.41, 5.74) is 3.30. The second-order valence-corrected chi connectivity index (χ2v) is 7.88. The van der Waals surface area contributed by atoms with E-state index in [0.29, 0.717) is 29.7 Å². The fourth-order valence-corrected chi connectivity index (χ4v) is 4.47. The Bertz CT molecular complexity index is 1030. The summed E-state index contributed by atoms with van der Waals surface area (Å²) in [6.07, 6.45) is 8.79. The average molecular weight is 394 g/mol. The number of hydrogen-bond donors (Lipinski definition) is 0. The number of methoxy groups -OCH3 is 1. The van der Waals surface area contributed by atoms with Gasteiger partial charge in [0.2, 0.25) is 0 Å². The smallest absolute Gasteiger partial charge is 0.199 e. The number of thioether (sulfide) groups is 1. The Kier molecular flexibility index (Phi) is 5.45. The van der Waals surface area contributed by atoms with Gasteiger partial charge in [0.25, 0.3) is 0 Å². The molecule has 0 radical (unpaired) electrons. The van der Waals surface area contributed by atoms with Gasteiger partial charge in [0.15, 0.2) is 5.88 Å². The number of rotatable bonds is 6. The fraction of sp³-hybridized carbons (Fsp3) is 0.364. The summed E-state index contributed by atoms with van der Waals surface area (Å²) in [4.78, 5) is 5.42. The molecular weight excluding hydrogens is 370 g/mol. The lowest BCUT2D eigenvalue weighted by atomic mass is 10.1. The monoisotopic (exact) mass is 393 g/mol. The van der Waals surface area contributed by atoms with Crippen LogP contribution in [0.3, 0.4) is 0 Å². The molecule has 4 rings (SSSR count). The van der Waals surface area contributed by atoms with Crippen LogP contribution in [0.5, 0.6) is 11.6 Å². The van der Waals surface area contributed by atoms with Crippen LogP contribution in [0.15, 0.2) is 41.4 Å². The topological polar surface area (TPSA) is 59.5 Å². The molecule has 0 saturated heterocycles. The van der Waals surface area contributed by atoms with Crippen molar-refractivity contribution in [3.63, 3.8) is 0 Å². The van der Waals surface area contributed by atoms with E-state index in [1.165, 1.54) is 25.7 Å². The first-order valence-corrected chi connectivity index (χ1v) is 10.7. The number of hydrogen-bond acceptors (Lipinski definition) is 5. The fourth-order valence-electron chi connectivity index (χ4n) is 3.88. The molecule has 1 saturated carbocycles. The van der Waals surface area contributed by atoms with Gasteiger partial charge < -0.3 is 9.47 Å². The number of nitriles is 1. The molecule has 0 N–H and O–H groups in total. The quantitative estimate of drug-likeness (QED) is 0.541. The van der Waals surface area contributed by atoms with Crippen LogP contribution >= 0.6 is 11.8 Å². The van der Waals surface area contributed by atoms with E-state index in [2.05, 4.69) is 11.1 Å². The van der Waals surface area contributed by atoms with Crippen LogP contribution in [0.1, 0.15) is 31.2 Å². The number of nitrogens with zero attached hydrogens (tertiary/aromatic N) is 3. The van der Waals surface area contributed by atoms with Gasteiger partial charge >= 0.3 is 0 Å². The number of aromatic nitrogens is 2. The Morgan fingerprint density at radius 2 is 2.11 bits per heavy atom. The molecule has 0 spiro atoms. The second kappa shape index (κ2) is 8.15. The molecule has 1 aliphatic carbocycles. The SMILES string of the molecule is COc1cccc2ncc(-c3cc(OCC4CCCC4)c(C#N)c(SC)c3)n12. The zero-order valence-electron chi connectivity index (χ0n) is 16.1. The highest BCUT2D eigenvalue weighted by molar-refractivity contribution is 7.98. The Labute approximate surface area is 169 Å². The maximum absolute atomic E-state index is 9.72. The largest absolute Gasteiger partial charge is 0.492 e. The van der Waals surface area contributed by atoms with Crippen molar-refractivity contribution in [2.45, 2.75) is 30.6 Å². The Morgan fingerprint density at radius 1 is 1.29 bits per heavy atom. The van der Waals surface area contributed by atoms with Gasteiger partial charge in [-0.3, -0.25) is 4.40 Å². The van der Waals surface area contributed by atoms with E-state index in [-0.39, 0.29) is 0 Å². The normalized spacial score (nSPS) is 14.3. The summed E-state index contributed by atoms with van der Waals surface area (Å²) in [5.74, 6) is 1.96. The molecule has 5 nitrogen and oxygen atoms in total. The molecular formula is C22H23N3O2S. The van der Waals surface area contributed by atoms with Crippen molar-refractivity contribution >= 4 is 17.4 Å². The number of benzene rings is 1. The molecule has 0 atom stereocenters. The maximum atomic E-state index is 9.72. The predicted molar refractivity (Wildman–Crippen MR) is 111 cm³/mol. The van der Waals surface area contributed by atoms with Crippen molar-refractivity contribution in [3.05, 3.63) is 42.1 Å². The van der Waals surface area contributed by atoms with Crippen LogP contribution in [0, 0.1) is 17.2 Å². The lowest BCUT2D eigenvalue weighted by Crippen LogP contribution is -2.09. The summed E-state index contributed by atoms with van der Waals surface area (Å²) in [6, 6.07) is 12.1. The molecule has 0 unspecified atom stereocenters. The summed E-state index contributed by atoms with van der Waals surface area (Å²) in [7, 11) is 1.65. The van der Waals surface area contributed by atoms with Crippen LogP contribution in [-0.4, -0.2) is 29.4 Å². The first-order chi connectivity index (χ1) is 13.7. The van der Waals surface area contributed by atoms with Crippen molar-refractivity contribution < 1.29 is 9.47 Å². The third kappa shape index (κ3) is 3.43. The van der Waals surface area contributed by atoms with Gasteiger partial charge in [0, 0.05) is 10.5 Å². The molecule has 0 aliphatic heterocycles. The Balaban J connectivity index is 1.79. The van der Waals surface area contributed by atoms with Gasteiger partial charge in [0.1, 0.15) is 23.0 Å². The van der Waals surface area contributed by atoms with Crippen LogP contribution in [0.2, 0.25) is 0 Å². The predicted octanol–water partition coefficient (Wildman–Crippen LogP) is 5.17. The number of pyridine rings is 1. The summed E-state index contributed by atoms with van der Waals surface area (Å²) in [6.45, 7) is 0.669. The number of imidazole rings is 1. The highest BCUT2D eigenvalue weighted by atomic mass is 32.2. The Morgan fingerprint density at radius 3 is 2.82 bits per heavy atom. The van der Waals surface area contributed by atoms with Crippen LogP contribution in [0.25, 0.3) is 16.9 Å². The zero-order chi connectivity index (χ0) is 19.5. The van der Waals surface area contributed by atoms with E-state index in [1.54, 1.807) is 18.9 Å². The van der Waals surface area contributed by atoms with E-state index < -0.39 is 0 Å². The van der Waals surface area contributed by atoms with Gasteiger partial charge in [-0.2, -0.15) is 5.26 Å². The third-order valence-corrected chi connectivity index (χ3v) is 6.11. The van der Waals surface area contributed by atoms with E-state index in [0.717, 1.165) is 21.8 Å². The van der Waals surface area contributed by atoms with Crippen LogP contribution in [-0.2, 0) is 0 Å². The van der Waals surface area contributed by atoms with Crippen molar-refractivity contribution in [2.24, 2.45) is 5.92 Å². The molecule has 28 heavy (non-hydrogen) atoms. The van der Waals surface area contributed by atoms with E-state index in [4.69, 9.17) is 9.47 Å². The first-order valence-electron chi connectivity index (χ1n) is 9.51. The minimum atomic E-state index is 0.587. The molecule has 0 amide bonds. The third-order valence-electron chi connectivity index (χ3n) is 5.35. The van der Waals surface area contributed by atoms with Crippen LogP contribution in [0.4, 0.5) is 0 Å². The standard InChI is InChI=1S/C22H23N3O2S/c1-26-22-9-5-8-21-24-13-18(25(21)22)16-10-19(17(12-23)20(11-16)28-2)27-14-15-6-3-4-7-15/h5,8-11,13,15H,3-4,6-7,14H2,1-2H3. The van der Waals surface area contributed by atoms with Gasteiger partial charge in [-0.05, 0) is 49.3 Å².